The Balaban J connectivity index is 1.41. The van der Waals surface area contributed by atoms with Gasteiger partial charge in [0, 0.05) is 23.3 Å². The van der Waals surface area contributed by atoms with Gasteiger partial charge in [0.05, 0.1) is 31.5 Å². The van der Waals surface area contributed by atoms with Gasteiger partial charge in [-0.2, -0.15) is 0 Å². The zero-order valence-corrected chi connectivity index (χ0v) is 19.7. The molecule has 1 heterocycles. The molecule has 2 aromatic rings. The normalized spacial score (nSPS) is 25.1. The molecule has 2 aromatic carbocycles. The Morgan fingerprint density at radius 3 is 2.53 bits per heavy atom. The van der Waals surface area contributed by atoms with Gasteiger partial charge >= 0.3 is 0 Å². The summed E-state index contributed by atoms with van der Waals surface area (Å²) in [7, 11) is 0. The fraction of sp³-hybridized carbons (Fsp3) is 0.556. The summed E-state index contributed by atoms with van der Waals surface area (Å²) in [6.45, 7) is 3.00. The molecule has 3 unspecified atom stereocenters. The number of aliphatic hydroxyl groups excluding tert-OH is 2. The van der Waals surface area contributed by atoms with Gasteiger partial charge in [-0.25, -0.2) is 0 Å². The molecule has 0 aromatic heterocycles. The second kappa shape index (κ2) is 10.6. The van der Waals surface area contributed by atoms with Crippen LogP contribution in [0.3, 0.4) is 0 Å². The summed E-state index contributed by atoms with van der Waals surface area (Å²) in [6, 6.07) is 14.2. The smallest absolute Gasteiger partial charge is 0.119 e. The Morgan fingerprint density at radius 1 is 1.09 bits per heavy atom. The lowest BCUT2D eigenvalue weighted by molar-refractivity contribution is -0.113. The molecule has 3 atom stereocenters. The van der Waals surface area contributed by atoms with E-state index in [2.05, 4.69) is 37.3 Å². The van der Waals surface area contributed by atoms with E-state index < -0.39 is 6.10 Å². The molecule has 4 rings (SSSR count). The molecule has 32 heavy (non-hydrogen) atoms. The molecule has 1 saturated carbocycles. The highest BCUT2D eigenvalue weighted by Crippen LogP contribution is 2.41. The Bertz CT molecular complexity index is 876. The fourth-order valence-electron chi connectivity index (χ4n) is 5.14. The monoisotopic (exact) mass is 458 g/mol. The highest BCUT2D eigenvalue weighted by atomic mass is 35.5. The largest absolute Gasteiger partial charge is 0.493 e. The molecule has 1 aliphatic carbocycles. The van der Waals surface area contributed by atoms with Crippen molar-refractivity contribution in [3.8, 4) is 5.75 Å². The van der Waals surface area contributed by atoms with Crippen molar-refractivity contribution in [1.29, 1.82) is 0 Å². The van der Waals surface area contributed by atoms with Gasteiger partial charge in [0.2, 0.25) is 0 Å². The summed E-state index contributed by atoms with van der Waals surface area (Å²) in [5.41, 5.74) is 3.54. The lowest BCUT2D eigenvalue weighted by Crippen LogP contribution is -2.33. The van der Waals surface area contributed by atoms with Crippen molar-refractivity contribution in [2.24, 2.45) is 5.41 Å². The molecule has 0 radical (unpaired) electrons. The molecule has 5 heteroatoms. The predicted molar refractivity (Wildman–Crippen MR) is 127 cm³/mol. The number of benzene rings is 2. The van der Waals surface area contributed by atoms with E-state index in [0.717, 1.165) is 28.5 Å². The van der Waals surface area contributed by atoms with Crippen LogP contribution in [0.25, 0.3) is 0 Å². The minimum Gasteiger partial charge on any atom is -0.493 e. The molecule has 2 fully saturated rings. The van der Waals surface area contributed by atoms with Gasteiger partial charge in [-0.3, -0.25) is 0 Å². The summed E-state index contributed by atoms with van der Waals surface area (Å²) in [5.74, 6) is 0.924. The minimum atomic E-state index is -0.464. The Kier molecular flexibility index (Phi) is 7.78. The van der Waals surface area contributed by atoms with E-state index >= 15 is 0 Å². The summed E-state index contributed by atoms with van der Waals surface area (Å²) < 4.78 is 12.1. The molecule has 4 nitrogen and oxygen atoms in total. The van der Waals surface area contributed by atoms with E-state index in [4.69, 9.17) is 21.1 Å². The SMILES string of the molecule is CCC1(COc2ccc(Cc3cc(C4CC(O)CC(CO)O4)ccc3Cl)cc2)CCCC1. The first-order chi connectivity index (χ1) is 15.5. The van der Waals surface area contributed by atoms with Crippen LogP contribution in [0.5, 0.6) is 5.75 Å². The van der Waals surface area contributed by atoms with Crippen molar-refractivity contribution in [2.75, 3.05) is 13.2 Å². The maximum Gasteiger partial charge on any atom is 0.119 e. The van der Waals surface area contributed by atoms with Crippen molar-refractivity contribution in [3.05, 3.63) is 64.2 Å². The van der Waals surface area contributed by atoms with Crippen molar-refractivity contribution in [1.82, 2.24) is 0 Å². The average molecular weight is 459 g/mol. The van der Waals surface area contributed by atoms with Crippen LogP contribution in [-0.2, 0) is 11.2 Å². The van der Waals surface area contributed by atoms with E-state index in [9.17, 15) is 10.2 Å². The Hall–Kier alpha value is -1.59. The maximum atomic E-state index is 10.1. The number of hydrogen-bond donors (Lipinski definition) is 2. The molecular weight excluding hydrogens is 424 g/mol. The number of hydrogen-bond acceptors (Lipinski definition) is 4. The summed E-state index contributed by atoms with van der Waals surface area (Å²) in [6.07, 6.45) is 7.07. The van der Waals surface area contributed by atoms with Crippen molar-refractivity contribution in [2.45, 2.75) is 76.6 Å². The molecule has 2 N–H and O–H groups in total. The molecule has 2 aliphatic rings. The van der Waals surface area contributed by atoms with Crippen LogP contribution in [0.1, 0.15) is 74.7 Å². The lowest BCUT2D eigenvalue weighted by Gasteiger charge is -2.32. The number of aliphatic hydroxyl groups is 2. The summed E-state index contributed by atoms with van der Waals surface area (Å²) in [4.78, 5) is 0. The summed E-state index contributed by atoms with van der Waals surface area (Å²) >= 11 is 6.50. The summed E-state index contributed by atoms with van der Waals surface area (Å²) in [5, 5.41) is 20.3. The van der Waals surface area contributed by atoms with Gasteiger partial charge in [-0.05, 0) is 60.6 Å². The zero-order chi connectivity index (χ0) is 22.6. The number of rotatable bonds is 8. The second-order valence-electron chi connectivity index (χ2n) is 9.58. The second-order valence-corrected chi connectivity index (χ2v) is 9.98. The van der Waals surface area contributed by atoms with Gasteiger partial charge in [0.25, 0.3) is 0 Å². The van der Waals surface area contributed by atoms with Crippen LogP contribution >= 0.6 is 11.6 Å². The highest BCUT2D eigenvalue weighted by Gasteiger charge is 2.33. The van der Waals surface area contributed by atoms with Crippen molar-refractivity contribution >= 4 is 11.6 Å². The predicted octanol–water partition coefficient (Wildman–Crippen LogP) is 5.85. The maximum absolute atomic E-state index is 10.1. The van der Waals surface area contributed by atoms with E-state index in [0.29, 0.717) is 24.7 Å². The van der Waals surface area contributed by atoms with Crippen LogP contribution in [0.2, 0.25) is 5.02 Å². The Morgan fingerprint density at radius 2 is 1.84 bits per heavy atom. The van der Waals surface area contributed by atoms with Gasteiger partial charge < -0.3 is 19.7 Å². The van der Waals surface area contributed by atoms with E-state index in [-0.39, 0.29) is 18.8 Å². The third kappa shape index (κ3) is 5.66. The molecular formula is C27H35ClO4. The topological polar surface area (TPSA) is 58.9 Å². The van der Waals surface area contributed by atoms with Gasteiger partial charge in [-0.1, -0.05) is 55.6 Å². The first-order valence-electron chi connectivity index (χ1n) is 11.9. The van der Waals surface area contributed by atoms with Gasteiger partial charge in [0.15, 0.2) is 0 Å². The highest BCUT2D eigenvalue weighted by molar-refractivity contribution is 6.31. The fourth-order valence-corrected chi connectivity index (χ4v) is 5.32. The van der Waals surface area contributed by atoms with Crippen LogP contribution < -0.4 is 4.74 Å². The van der Waals surface area contributed by atoms with E-state index in [1.807, 2.05) is 12.1 Å². The van der Waals surface area contributed by atoms with Crippen LogP contribution in [-0.4, -0.2) is 35.6 Å². The first-order valence-corrected chi connectivity index (χ1v) is 12.3. The molecule has 0 amide bonds. The first kappa shape index (κ1) is 23.6. The van der Waals surface area contributed by atoms with Gasteiger partial charge in [0.1, 0.15) is 5.75 Å². The molecule has 0 bridgehead atoms. The number of halogens is 1. The van der Waals surface area contributed by atoms with Crippen molar-refractivity contribution < 1.29 is 19.7 Å². The quantitative estimate of drug-likeness (QED) is 0.520. The third-order valence-corrected chi connectivity index (χ3v) is 7.67. The standard InChI is InChI=1S/C27H35ClO4/c1-2-27(11-3-4-12-27)18-31-23-8-5-19(6-9-23)13-21-14-20(7-10-25(21)28)26-16-22(30)15-24(17-29)32-26/h5-10,14,22,24,26,29-30H,2-4,11-13,15-18H2,1H3. The average Bonchev–Trinajstić information content (AvgIpc) is 3.29. The lowest BCUT2D eigenvalue weighted by atomic mass is 9.84. The van der Waals surface area contributed by atoms with Crippen LogP contribution in [0.4, 0.5) is 0 Å². The Labute approximate surface area is 196 Å². The molecule has 1 aliphatic heterocycles. The minimum absolute atomic E-state index is 0.0815. The van der Waals surface area contributed by atoms with Crippen molar-refractivity contribution in [3.63, 3.8) is 0 Å². The molecule has 174 valence electrons. The molecule has 1 saturated heterocycles. The van der Waals surface area contributed by atoms with Crippen LogP contribution in [0.15, 0.2) is 42.5 Å². The third-order valence-electron chi connectivity index (χ3n) is 7.30. The van der Waals surface area contributed by atoms with E-state index in [1.165, 1.54) is 37.7 Å². The van der Waals surface area contributed by atoms with E-state index in [1.54, 1.807) is 0 Å². The molecule has 0 spiro atoms. The van der Waals surface area contributed by atoms with Crippen LogP contribution in [0, 0.1) is 5.41 Å². The number of ether oxygens (including phenoxy) is 2. The zero-order valence-electron chi connectivity index (χ0n) is 18.9. The van der Waals surface area contributed by atoms with Gasteiger partial charge in [-0.15, -0.1) is 0 Å².